The van der Waals surface area contributed by atoms with E-state index in [0.717, 1.165) is 0 Å². The summed E-state index contributed by atoms with van der Waals surface area (Å²) in [5.74, 6) is -11.5. The summed E-state index contributed by atoms with van der Waals surface area (Å²) in [5.41, 5.74) is 48.8. The Bertz CT molecular complexity index is 3840. The zero-order chi connectivity index (χ0) is 107. The SMILES string of the molecule is CC(C)C[C@H](NC(=O)[C@H](CCCCN)NC(=O)[C@H](CC(C)C)NC(=O)[C@H](CC(C)C)NC(=O)[C@H](CCC(N)=O)NC(=O)[C@H](CCCCN)NC(=O)[C@H](CC(C)C)NC(=O)[C@H](CC(C)C)NC(=O)[C@H](CCC(N)=O)NC(=O)[C@H](CC(C)C)NC(=O)[C@H](CC(C)C)NC(=O)[C@H](CCCCN)NC(=O)[C@H](CCCCN)NC(=O)[C@@H](N)CC(C)C)C(=O)N[C@@H](CCCCN)C(=O)NCC(=O)NCCCCCC(=O)NN. The predicted octanol–water partition coefficient (Wildman–Crippen LogP) is -1.57. The molecule has 0 aliphatic carbocycles. The zero-order valence-electron chi connectivity index (χ0n) is 87.1. The molecule has 0 radical (unpaired) electrons. The first kappa shape index (κ1) is 131. The minimum absolute atomic E-state index is 0.00243. The van der Waals surface area contributed by atoms with Crippen molar-refractivity contribution in [2.24, 2.45) is 99.1 Å². The van der Waals surface area contributed by atoms with Crippen LogP contribution >= 0.6 is 0 Å². The first-order valence-corrected chi connectivity index (χ1v) is 51.0. The molecule has 0 aromatic rings. The van der Waals surface area contributed by atoms with Gasteiger partial charge in [0.25, 0.3) is 0 Å². The fourth-order valence-electron chi connectivity index (χ4n) is 15.5. The van der Waals surface area contributed by atoms with Gasteiger partial charge in [0.15, 0.2) is 0 Å². The normalized spacial score (nSPS) is 14.7. The Kier molecular flexibility index (Phi) is 68.3. The third-order valence-electron chi connectivity index (χ3n) is 23.0. The Balaban J connectivity index is 7.45. The molecular weight excluding hydrogens is 1820 g/mol. The van der Waals surface area contributed by atoms with Crippen molar-refractivity contribution in [1.82, 2.24) is 90.5 Å². The molecule has 0 heterocycles. The van der Waals surface area contributed by atoms with Crippen LogP contribution in [0.15, 0.2) is 0 Å². The van der Waals surface area contributed by atoms with Crippen molar-refractivity contribution in [3.8, 4) is 0 Å². The standard InChI is InChI=1S/C96H182N26O19/c1-55(2)46-63(102)82(127)108-65(31-20-25-41-98)84(129)110-67(33-22-27-43-100)86(131)116-75(51-60(11)12)94(139)121-74(50-59(9)10)93(138)114-70(37-39-79(104)124)89(134)118-77(53-62(15)16)96(141)119-72(48-57(5)6)91(136)111-66(32-21-26-42-99)85(130)113-69(36-38-78(103)123)88(133)117-76(52-61(13)14)95(140)120-73(49-58(7)8)92(137)112-68(34-23-28-44-101)87(132)115-71(47-56(3)4)90(135)109-64(30-19-24-40-97)83(128)107-54-81(126)106-45-29-17-18-35-80(125)122-105/h55-77H,17-54,97-102,105H2,1-16H3,(H2,103,123)(H2,104,124)(H,106,126)(H,107,128)(H,108,127)(H,109,135)(H,110,129)(H,111,136)(H,112,137)(H,113,130)(H,114,138)(H,115,132)(H,116,131)(H,117,133)(H,118,134)(H,119,141)(H,120,140)(H,121,139)(H,122,125)/t63-,64-,65-,66-,67-,68-,69-,70-,71-,72-,73-,74-,75-,76-,77-/m0/s1. The van der Waals surface area contributed by atoms with Crippen molar-refractivity contribution >= 4 is 112 Å². The van der Waals surface area contributed by atoms with Crippen molar-refractivity contribution < 1.29 is 91.1 Å². The summed E-state index contributed by atoms with van der Waals surface area (Å²) in [6.45, 7) is 29.8. The van der Waals surface area contributed by atoms with Crippen LogP contribution < -0.4 is 142 Å². The minimum atomic E-state index is -1.63. The number of hydrazine groups is 1. The maximum atomic E-state index is 14.9. The van der Waals surface area contributed by atoms with E-state index in [9.17, 15) is 91.1 Å². The highest BCUT2D eigenvalue weighted by Gasteiger charge is 2.40. The van der Waals surface area contributed by atoms with E-state index in [2.05, 4.69) is 90.5 Å². The molecule has 0 bridgehead atoms. The molecule has 0 aliphatic rings. The van der Waals surface area contributed by atoms with Crippen LogP contribution in [0.1, 0.15) is 310 Å². The fourth-order valence-corrected chi connectivity index (χ4v) is 15.5. The first-order chi connectivity index (χ1) is 66.4. The molecule has 0 aromatic carbocycles. The molecule has 0 rings (SSSR count). The molecule has 141 heavy (non-hydrogen) atoms. The first-order valence-electron chi connectivity index (χ1n) is 51.0. The average molecular weight is 2000 g/mol. The Hall–Kier alpha value is -10.3. The van der Waals surface area contributed by atoms with E-state index >= 15 is 0 Å². The average Bonchev–Trinajstić information content (AvgIpc) is 0.852. The van der Waals surface area contributed by atoms with Gasteiger partial charge in [-0.3, -0.25) is 96.5 Å². The third kappa shape index (κ3) is 59.4. The number of nitrogens with one attached hydrogen (secondary N) is 17. The van der Waals surface area contributed by atoms with Gasteiger partial charge in [-0.1, -0.05) is 117 Å². The molecule has 0 saturated carbocycles. The molecule has 15 atom stereocenters. The van der Waals surface area contributed by atoms with Gasteiger partial charge in [0.05, 0.1) is 12.6 Å². The fraction of sp³-hybridized carbons (Fsp3) is 0.802. The molecule has 0 unspecified atom stereocenters. The maximum Gasteiger partial charge on any atom is 0.243 e. The van der Waals surface area contributed by atoms with Crippen LogP contribution in [-0.4, -0.2) is 249 Å². The number of carbonyl (C=O) groups excluding carboxylic acids is 19. The minimum Gasteiger partial charge on any atom is -0.370 e. The summed E-state index contributed by atoms with van der Waals surface area (Å²) < 4.78 is 0. The summed E-state index contributed by atoms with van der Waals surface area (Å²) in [7, 11) is 0. The summed E-state index contributed by atoms with van der Waals surface area (Å²) in [4.78, 5) is 267. The van der Waals surface area contributed by atoms with E-state index in [1.165, 1.54) is 0 Å². The lowest BCUT2D eigenvalue weighted by molar-refractivity contribution is -0.137. The molecule has 19 amide bonds. The predicted molar refractivity (Wildman–Crippen MR) is 539 cm³/mol. The molecule has 0 fully saturated rings. The number of hydrogen-bond acceptors (Lipinski definition) is 26. The van der Waals surface area contributed by atoms with Gasteiger partial charge >= 0.3 is 0 Å². The number of unbranched alkanes of at least 4 members (excludes halogenated alkanes) is 7. The second-order valence-corrected chi connectivity index (χ2v) is 40.4. The number of nitrogens with two attached hydrogens (primary N) is 9. The van der Waals surface area contributed by atoms with Gasteiger partial charge in [0.2, 0.25) is 112 Å². The summed E-state index contributed by atoms with van der Waals surface area (Å²) in [6, 6.07) is -20.0. The number of amides is 19. The van der Waals surface area contributed by atoms with Crippen molar-refractivity contribution in [3.63, 3.8) is 0 Å². The van der Waals surface area contributed by atoms with Crippen LogP contribution in [0.5, 0.6) is 0 Å². The van der Waals surface area contributed by atoms with Crippen molar-refractivity contribution in [1.29, 1.82) is 0 Å². The lowest BCUT2D eigenvalue weighted by atomic mass is 9.98. The highest BCUT2D eigenvalue weighted by molar-refractivity contribution is 6.01. The van der Waals surface area contributed by atoms with E-state index in [4.69, 9.17) is 51.7 Å². The van der Waals surface area contributed by atoms with E-state index in [1.54, 1.807) is 83.1 Å². The highest BCUT2D eigenvalue weighted by atomic mass is 16.2. The second kappa shape index (κ2) is 73.7. The number of primary amides is 2. The van der Waals surface area contributed by atoms with Gasteiger partial charge in [-0.25, -0.2) is 5.84 Å². The van der Waals surface area contributed by atoms with E-state index < -0.39 is 229 Å². The van der Waals surface area contributed by atoms with Gasteiger partial charge in [-0.2, -0.15) is 0 Å². The lowest BCUT2D eigenvalue weighted by Crippen LogP contribution is -2.61. The largest absolute Gasteiger partial charge is 0.370 e. The van der Waals surface area contributed by atoms with Crippen LogP contribution in [0.4, 0.5) is 0 Å². The Morgan fingerprint density at radius 2 is 0.404 bits per heavy atom. The quantitative estimate of drug-likeness (QED) is 0.0142. The molecule has 0 spiro atoms. The third-order valence-corrected chi connectivity index (χ3v) is 23.0. The Morgan fingerprint density at radius 1 is 0.206 bits per heavy atom. The van der Waals surface area contributed by atoms with Gasteiger partial charge in [-0.05, 0) is 253 Å². The number of rotatable bonds is 79. The highest BCUT2D eigenvalue weighted by Crippen LogP contribution is 2.20. The Labute approximate surface area is 835 Å². The maximum absolute atomic E-state index is 14.9. The topological polar surface area (TPSA) is 763 Å². The smallest absolute Gasteiger partial charge is 0.243 e. The molecule has 810 valence electrons. The van der Waals surface area contributed by atoms with Gasteiger partial charge in [0, 0.05) is 25.8 Å². The molecule has 35 N–H and O–H groups in total. The van der Waals surface area contributed by atoms with Crippen LogP contribution in [0.2, 0.25) is 0 Å². The molecule has 0 aliphatic heterocycles. The molecular formula is C96H182N26O19. The van der Waals surface area contributed by atoms with Crippen molar-refractivity contribution in [2.45, 2.75) is 400 Å². The van der Waals surface area contributed by atoms with E-state index in [1.807, 2.05) is 27.7 Å². The van der Waals surface area contributed by atoms with Crippen LogP contribution in [0.25, 0.3) is 0 Å². The number of hydrogen-bond donors (Lipinski definition) is 26. The van der Waals surface area contributed by atoms with Gasteiger partial charge < -0.3 is 131 Å². The van der Waals surface area contributed by atoms with Crippen LogP contribution in [-0.2, 0) is 91.1 Å². The molecule has 0 aromatic heterocycles. The molecule has 0 saturated heterocycles. The molecule has 45 nitrogen and oxygen atoms in total. The summed E-state index contributed by atoms with van der Waals surface area (Å²) >= 11 is 0. The number of carbonyl (C=O) groups is 19. The second-order valence-electron chi connectivity index (χ2n) is 40.4. The Morgan fingerprint density at radius 3 is 0.610 bits per heavy atom. The van der Waals surface area contributed by atoms with E-state index in [0.29, 0.717) is 90.0 Å². The zero-order valence-corrected chi connectivity index (χ0v) is 87.1. The van der Waals surface area contributed by atoms with E-state index in [-0.39, 0.29) is 176 Å². The van der Waals surface area contributed by atoms with Gasteiger partial charge in [-0.15, -0.1) is 0 Å². The summed E-state index contributed by atoms with van der Waals surface area (Å²) in [5, 5.41) is 43.6. The van der Waals surface area contributed by atoms with Crippen LogP contribution in [0, 0.1) is 47.3 Å². The monoisotopic (exact) mass is 2000 g/mol. The molecule has 45 heteroatoms. The summed E-state index contributed by atoms with van der Waals surface area (Å²) in [6.07, 6.45) is 4.86. The van der Waals surface area contributed by atoms with Gasteiger partial charge in [0.1, 0.15) is 84.6 Å². The van der Waals surface area contributed by atoms with Crippen LogP contribution in [0.3, 0.4) is 0 Å². The van der Waals surface area contributed by atoms with Crippen molar-refractivity contribution in [3.05, 3.63) is 0 Å². The van der Waals surface area contributed by atoms with Crippen molar-refractivity contribution in [2.75, 3.05) is 45.8 Å². The lowest BCUT2D eigenvalue weighted by Gasteiger charge is -2.30.